The third kappa shape index (κ3) is 4.72. The molecule has 0 aromatic heterocycles. The molecule has 1 aliphatic heterocycles. The summed E-state index contributed by atoms with van der Waals surface area (Å²) in [6.07, 6.45) is 0. The van der Waals surface area contributed by atoms with Crippen molar-refractivity contribution >= 4 is 26.1 Å². The molecule has 1 aliphatic rings. The van der Waals surface area contributed by atoms with Gasteiger partial charge in [-0.25, -0.2) is 0 Å². The van der Waals surface area contributed by atoms with Crippen molar-refractivity contribution in [2.24, 2.45) is 0 Å². The van der Waals surface area contributed by atoms with Crippen LogP contribution >= 0.6 is 0 Å². The van der Waals surface area contributed by atoms with Crippen LogP contribution in [0.5, 0.6) is 0 Å². The minimum atomic E-state index is -3.51. The van der Waals surface area contributed by atoms with E-state index in [4.69, 9.17) is 0 Å². The van der Waals surface area contributed by atoms with Gasteiger partial charge in [0.1, 0.15) is 0 Å². The van der Waals surface area contributed by atoms with E-state index in [0.717, 1.165) is 15.6 Å². The molecule has 0 saturated carbocycles. The Bertz CT molecular complexity index is 816. The normalized spacial score (nSPS) is 17.2. The lowest BCUT2D eigenvalue weighted by Crippen LogP contribution is -2.52. The van der Waals surface area contributed by atoms with Crippen LogP contribution in [-0.4, -0.2) is 84.1 Å². The first-order valence-corrected chi connectivity index (χ1v) is 11.1. The predicted octanol–water partition coefficient (Wildman–Crippen LogP) is -0.489. The number of anilines is 1. The topological polar surface area (TPSA) is 93.3 Å². The van der Waals surface area contributed by atoms with Gasteiger partial charge in [-0.3, -0.25) is 0 Å². The maximum atomic E-state index is 12.2. The summed E-state index contributed by atoms with van der Waals surface area (Å²) in [5.74, 6) is 0. The van der Waals surface area contributed by atoms with Gasteiger partial charge in [-0.1, -0.05) is 18.2 Å². The summed E-state index contributed by atoms with van der Waals surface area (Å²) in [6.45, 7) is 2.04. The van der Waals surface area contributed by atoms with Gasteiger partial charge in [0, 0.05) is 66.6 Å². The van der Waals surface area contributed by atoms with E-state index in [-0.39, 0.29) is 6.54 Å². The lowest BCUT2D eigenvalue weighted by molar-refractivity contribution is 0.355. The molecule has 0 aliphatic carbocycles. The van der Waals surface area contributed by atoms with Crippen LogP contribution in [0.25, 0.3) is 0 Å². The van der Waals surface area contributed by atoms with Gasteiger partial charge < -0.3 is 4.90 Å². The Morgan fingerprint density at radius 1 is 0.923 bits per heavy atom. The molecule has 0 radical (unpaired) electrons. The smallest absolute Gasteiger partial charge is 0.281 e. The predicted molar refractivity (Wildman–Crippen MR) is 102 cm³/mol. The third-order valence-corrected chi connectivity index (χ3v) is 7.70. The molecule has 148 valence electrons. The maximum Gasteiger partial charge on any atom is 0.281 e. The van der Waals surface area contributed by atoms with Crippen molar-refractivity contribution in [1.29, 1.82) is 0 Å². The number of piperazine rings is 1. The van der Waals surface area contributed by atoms with Gasteiger partial charge in [-0.2, -0.15) is 34.5 Å². The van der Waals surface area contributed by atoms with Crippen molar-refractivity contribution in [3.8, 4) is 0 Å². The molecule has 0 amide bonds. The summed E-state index contributed by atoms with van der Waals surface area (Å²) >= 11 is 0. The number of rotatable bonds is 7. The number of nitrogens with zero attached hydrogens (tertiary/aromatic N) is 4. The first-order valence-electron chi connectivity index (χ1n) is 8.23. The van der Waals surface area contributed by atoms with Gasteiger partial charge in [-0.15, -0.1) is 0 Å². The van der Waals surface area contributed by atoms with E-state index in [1.165, 1.54) is 36.8 Å². The van der Waals surface area contributed by atoms with E-state index in [2.05, 4.69) is 9.62 Å². The van der Waals surface area contributed by atoms with Crippen LogP contribution in [0, 0.1) is 0 Å². The highest BCUT2D eigenvalue weighted by molar-refractivity contribution is 7.87. The van der Waals surface area contributed by atoms with Crippen LogP contribution in [0.4, 0.5) is 5.69 Å². The second-order valence-electron chi connectivity index (χ2n) is 6.41. The number of hydrogen-bond donors (Lipinski definition) is 1. The first kappa shape index (κ1) is 21.1. The summed E-state index contributed by atoms with van der Waals surface area (Å²) in [6, 6.07) is 7.55. The Labute approximate surface area is 156 Å². The summed E-state index contributed by atoms with van der Waals surface area (Å²) in [5.41, 5.74) is 1.76. The quantitative estimate of drug-likeness (QED) is 0.661. The zero-order valence-electron chi connectivity index (χ0n) is 15.6. The number of nitrogens with one attached hydrogen (secondary N) is 1. The number of benzene rings is 1. The lowest BCUT2D eigenvalue weighted by Gasteiger charge is -2.37. The molecule has 2 rings (SSSR count). The molecule has 0 bridgehead atoms. The Hall–Kier alpha value is -1.24. The molecule has 9 nitrogen and oxygen atoms in total. The van der Waals surface area contributed by atoms with E-state index >= 15 is 0 Å². The summed E-state index contributed by atoms with van der Waals surface area (Å²) in [5, 5.41) is 0. The SMILES string of the molecule is CN(C)S(=O)(=O)NCc1ccccc1N1CCN(S(=O)(=O)N(C)C)CC1. The first-order chi connectivity index (χ1) is 12.1. The maximum absolute atomic E-state index is 12.2. The van der Waals surface area contributed by atoms with Crippen LogP contribution in [0.3, 0.4) is 0 Å². The summed E-state index contributed by atoms with van der Waals surface area (Å²) in [7, 11) is -0.937. The molecular formula is C15H27N5O4S2. The molecule has 0 atom stereocenters. The Morgan fingerprint density at radius 2 is 1.50 bits per heavy atom. The molecule has 0 spiro atoms. The Balaban J connectivity index is 2.10. The van der Waals surface area contributed by atoms with E-state index < -0.39 is 20.4 Å². The monoisotopic (exact) mass is 405 g/mol. The van der Waals surface area contributed by atoms with Gasteiger partial charge in [-0.05, 0) is 11.6 Å². The van der Waals surface area contributed by atoms with Crippen molar-refractivity contribution in [3.63, 3.8) is 0 Å². The number of para-hydroxylation sites is 1. The highest BCUT2D eigenvalue weighted by atomic mass is 32.2. The van der Waals surface area contributed by atoms with E-state index in [9.17, 15) is 16.8 Å². The summed E-state index contributed by atoms with van der Waals surface area (Å²) in [4.78, 5) is 2.08. The molecule has 11 heteroatoms. The number of hydrogen-bond acceptors (Lipinski definition) is 5. The second kappa shape index (κ2) is 8.19. The molecule has 26 heavy (non-hydrogen) atoms. The fourth-order valence-corrected chi connectivity index (χ4v) is 4.34. The van der Waals surface area contributed by atoms with Gasteiger partial charge in [0.2, 0.25) is 0 Å². The van der Waals surface area contributed by atoms with Gasteiger partial charge in [0.15, 0.2) is 0 Å². The van der Waals surface area contributed by atoms with Crippen molar-refractivity contribution in [2.75, 3.05) is 59.3 Å². The average molecular weight is 406 g/mol. The van der Waals surface area contributed by atoms with E-state index in [0.29, 0.717) is 26.2 Å². The zero-order chi connectivity index (χ0) is 19.5. The lowest BCUT2D eigenvalue weighted by atomic mass is 10.1. The molecule has 1 saturated heterocycles. The van der Waals surface area contributed by atoms with Gasteiger partial charge >= 0.3 is 0 Å². The van der Waals surface area contributed by atoms with Crippen molar-refractivity contribution < 1.29 is 16.8 Å². The van der Waals surface area contributed by atoms with Crippen LogP contribution in [0.15, 0.2) is 24.3 Å². The fraction of sp³-hybridized carbons (Fsp3) is 0.600. The summed E-state index contributed by atoms with van der Waals surface area (Å²) < 4.78 is 54.7. The Morgan fingerprint density at radius 3 is 2.04 bits per heavy atom. The molecule has 1 heterocycles. The highest BCUT2D eigenvalue weighted by Gasteiger charge is 2.29. The van der Waals surface area contributed by atoms with Crippen LogP contribution in [0.2, 0.25) is 0 Å². The third-order valence-electron chi connectivity index (χ3n) is 4.28. The molecule has 0 unspecified atom stereocenters. The average Bonchev–Trinajstić information content (AvgIpc) is 2.60. The second-order valence-corrected chi connectivity index (χ2v) is 10.5. The van der Waals surface area contributed by atoms with E-state index in [1.54, 1.807) is 0 Å². The largest absolute Gasteiger partial charge is 0.369 e. The highest BCUT2D eigenvalue weighted by Crippen LogP contribution is 2.23. The molecular weight excluding hydrogens is 378 g/mol. The Kier molecular flexibility index (Phi) is 6.64. The van der Waals surface area contributed by atoms with Crippen molar-refractivity contribution in [3.05, 3.63) is 29.8 Å². The molecule has 1 N–H and O–H groups in total. The van der Waals surface area contributed by atoms with Gasteiger partial charge in [0.05, 0.1) is 0 Å². The van der Waals surface area contributed by atoms with Gasteiger partial charge in [0.25, 0.3) is 20.4 Å². The van der Waals surface area contributed by atoms with E-state index in [1.807, 2.05) is 24.3 Å². The molecule has 1 fully saturated rings. The zero-order valence-corrected chi connectivity index (χ0v) is 17.2. The minimum Gasteiger partial charge on any atom is -0.369 e. The van der Waals surface area contributed by atoms with Crippen LogP contribution in [-0.2, 0) is 27.0 Å². The molecule has 1 aromatic carbocycles. The standard InChI is InChI=1S/C15H27N5O4S2/c1-17(2)25(21,22)16-13-14-7-5-6-8-15(14)19-9-11-20(12-10-19)26(23,24)18(3)4/h5-8,16H,9-13H2,1-4H3. The molecule has 1 aromatic rings. The van der Waals surface area contributed by atoms with Crippen molar-refractivity contribution in [2.45, 2.75) is 6.54 Å². The van der Waals surface area contributed by atoms with Crippen LogP contribution in [0.1, 0.15) is 5.56 Å². The van der Waals surface area contributed by atoms with Crippen molar-refractivity contribution in [1.82, 2.24) is 17.6 Å². The van der Waals surface area contributed by atoms with Crippen LogP contribution < -0.4 is 9.62 Å². The minimum absolute atomic E-state index is 0.174. The fourth-order valence-electron chi connectivity index (χ4n) is 2.66.